The van der Waals surface area contributed by atoms with E-state index >= 15 is 0 Å². The van der Waals surface area contributed by atoms with Gasteiger partial charge in [0.15, 0.2) is 0 Å². The number of hydrogen-bond donors (Lipinski definition) is 2. The van der Waals surface area contributed by atoms with E-state index in [9.17, 15) is 13.2 Å². The maximum atomic E-state index is 12.0. The van der Waals surface area contributed by atoms with Crippen LogP contribution in [0, 0.1) is 0 Å². The molecule has 7 nitrogen and oxygen atoms in total. The van der Waals surface area contributed by atoms with Crippen molar-refractivity contribution >= 4 is 16.0 Å². The predicted octanol–water partition coefficient (Wildman–Crippen LogP) is 1.41. The molecular weight excluding hydrogens is 296 g/mol. The quantitative estimate of drug-likeness (QED) is 0.835. The smallest absolute Gasteiger partial charge is 0.335 e. The topological polar surface area (TPSA) is 110 Å². The summed E-state index contributed by atoms with van der Waals surface area (Å²) in [7, 11) is -3.74. The first-order chi connectivity index (χ1) is 9.92. The normalized spacial score (nSPS) is 11.5. The first-order valence-electron chi connectivity index (χ1n) is 6.19. The van der Waals surface area contributed by atoms with Crippen molar-refractivity contribution in [2.45, 2.75) is 24.8 Å². The third-order valence-corrected chi connectivity index (χ3v) is 4.19. The average Bonchev–Trinajstić information content (AvgIpc) is 2.93. The highest BCUT2D eigenvalue weighted by atomic mass is 32.2. The van der Waals surface area contributed by atoms with Gasteiger partial charge in [-0.1, -0.05) is 6.92 Å². The molecule has 1 aromatic heterocycles. The molecule has 0 amide bonds. The lowest BCUT2D eigenvalue weighted by Crippen LogP contribution is -2.23. The molecule has 1 aromatic carbocycles. The van der Waals surface area contributed by atoms with Gasteiger partial charge in [0.2, 0.25) is 15.9 Å². The highest BCUT2D eigenvalue weighted by Gasteiger charge is 2.16. The molecule has 0 aliphatic rings. The molecule has 2 rings (SSSR count). The van der Waals surface area contributed by atoms with E-state index in [1.807, 2.05) is 6.92 Å². The summed E-state index contributed by atoms with van der Waals surface area (Å²) in [6.45, 7) is 1.83. The Bertz CT molecular complexity index is 734. The number of sulfonamides is 1. The largest absolute Gasteiger partial charge is 0.478 e. The number of rotatable bonds is 6. The lowest BCUT2D eigenvalue weighted by atomic mass is 10.2. The lowest BCUT2D eigenvalue weighted by Gasteiger charge is -2.05. The Labute approximate surface area is 121 Å². The van der Waals surface area contributed by atoms with Crippen molar-refractivity contribution in [2.75, 3.05) is 0 Å². The van der Waals surface area contributed by atoms with Gasteiger partial charge in [-0.25, -0.2) is 22.9 Å². The van der Waals surface area contributed by atoms with Gasteiger partial charge in [0.25, 0.3) is 0 Å². The fourth-order valence-electron chi connectivity index (χ4n) is 1.61. The van der Waals surface area contributed by atoms with E-state index in [0.29, 0.717) is 12.2 Å². The molecule has 1 heterocycles. The Morgan fingerprint density at radius 1 is 1.33 bits per heavy atom. The molecular formula is C13H14N2O5S. The van der Waals surface area contributed by atoms with E-state index in [-0.39, 0.29) is 22.9 Å². The van der Waals surface area contributed by atoms with Crippen LogP contribution in [-0.2, 0) is 23.0 Å². The number of aryl methyl sites for hydroxylation is 1. The Morgan fingerprint density at radius 3 is 2.52 bits per heavy atom. The minimum absolute atomic E-state index is 0.0187. The minimum atomic E-state index is -3.74. The van der Waals surface area contributed by atoms with E-state index in [2.05, 4.69) is 9.71 Å². The number of aromatic nitrogens is 1. The van der Waals surface area contributed by atoms with Gasteiger partial charge in [0.1, 0.15) is 5.76 Å². The number of benzene rings is 1. The first-order valence-corrected chi connectivity index (χ1v) is 7.67. The second-order valence-electron chi connectivity index (χ2n) is 4.23. The van der Waals surface area contributed by atoms with Gasteiger partial charge >= 0.3 is 5.97 Å². The zero-order chi connectivity index (χ0) is 15.5. The molecule has 112 valence electrons. The number of nitrogens with zero attached hydrogens (tertiary/aromatic N) is 1. The molecule has 2 N–H and O–H groups in total. The molecule has 0 aliphatic heterocycles. The summed E-state index contributed by atoms with van der Waals surface area (Å²) in [4.78, 5) is 14.6. The van der Waals surface area contributed by atoms with Gasteiger partial charge in [-0.2, -0.15) is 0 Å². The first kappa shape index (κ1) is 15.2. The summed E-state index contributed by atoms with van der Waals surface area (Å²) in [5, 5.41) is 8.77. The summed E-state index contributed by atoms with van der Waals surface area (Å²) >= 11 is 0. The van der Waals surface area contributed by atoms with E-state index in [4.69, 9.17) is 9.52 Å². The Balaban J connectivity index is 2.09. The molecule has 0 atom stereocenters. The zero-order valence-electron chi connectivity index (χ0n) is 11.2. The monoisotopic (exact) mass is 310 g/mol. The van der Waals surface area contributed by atoms with Crippen LogP contribution >= 0.6 is 0 Å². The molecule has 0 fully saturated rings. The SMILES string of the molecule is CCc1cnc(CNS(=O)(=O)c2ccc(C(=O)O)cc2)o1. The summed E-state index contributed by atoms with van der Waals surface area (Å²) in [5.74, 6) is -0.161. The molecule has 21 heavy (non-hydrogen) atoms. The van der Waals surface area contributed by atoms with Crippen molar-refractivity contribution in [1.29, 1.82) is 0 Å². The van der Waals surface area contributed by atoms with Crippen LogP contribution in [-0.4, -0.2) is 24.5 Å². The lowest BCUT2D eigenvalue weighted by molar-refractivity contribution is 0.0696. The van der Waals surface area contributed by atoms with Gasteiger partial charge in [-0.05, 0) is 24.3 Å². The third kappa shape index (κ3) is 3.67. The molecule has 0 bridgehead atoms. The van der Waals surface area contributed by atoms with E-state index in [0.717, 1.165) is 0 Å². The molecule has 0 unspecified atom stereocenters. The minimum Gasteiger partial charge on any atom is -0.478 e. The van der Waals surface area contributed by atoms with E-state index in [1.54, 1.807) is 6.20 Å². The molecule has 0 spiro atoms. The average molecular weight is 310 g/mol. The van der Waals surface area contributed by atoms with E-state index < -0.39 is 16.0 Å². The van der Waals surface area contributed by atoms with Crippen LogP contribution in [0.5, 0.6) is 0 Å². The van der Waals surface area contributed by atoms with Crippen molar-refractivity contribution in [3.8, 4) is 0 Å². The number of hydrogen-bond acceptors (Lipinski definition) is 5. The van der Waals surface area contributed by atoms with Gasteiger partial charge in [-0.15, -0.1) is 0 Å². The molecule has 2 aromatic rings. The maximum Gasteiger partial charge on any atom is 0.335 e. The van der Waals surface area contributed by atoms with Gasteiger partial charge in [-0.3, -0.25) is 0 Å². The number of carbonyl (C=O) groups is 1. The highest BCUT2D eigenvalue weighted by Crippen LogP contribution is 2.12. The van der Waals surface area contributed by atoms with Crippen molar-refractivity contribution in [3.63, 3.8) is 0 Å². The van der Waals surface area contributed by atoms with Crippen LogP contribution in [0.1, 0.15) is 28.9 Å². The van der Waals surface area contributed by atoms with Crippen LogP contribution in [0.15, 0.2) is 39.8 Å². The fraction of sp³-hybridized carbons (Fsp3) is 0.231. The number of oxazole rings is 1. The fourth-order valence-corrected chi connectivity index (χ4v) is 2.58. The molecule has 0 aliphatic carbocycles. The van der Waals surface area contributed by atoms with Crippen molar-refractivity contribution < 1.29 is 22.7 Å². The molecule has 8 heteroatoms. The van der Waals surface area contributed by atoms with Gasteiger partial charge in [0, 0.05) is 6.42 Å². The Hall–Kier alpha value is -2.19. The van der Waals surface area contributed by atoms with Crippen LogP contribution in [0.3, 0.4) is 0 Å². The summed E-state index contributed by atoms with van der Waals surface area (Å²) in [5.41, 5.74) is 0.0224. The van der Waals surface area contributed by atoms with Crippen molar-refractivity contribution in [1.82, 2.24) is 9.71 Å². The molecule has 0 saturated heterocycles. The summed E-state index contributed by atoms with van der Waals surface area (Å²) in [6.07, 6.45) is 2.22. The highest BCUT2D eigenvalue weighted by molar-refractivity contribution is 7.89. The van der Waals surface area contributed by atoms with Crippen LogP contribution < -0.4 is 4.72 Å². The number of aromatic carboxylic acids is 1. The van der Waals surface area contributed by atoms with Gasteiger partial charge in [0.05, 0.1) is 23.2 Å². The number of carboxylic acid groups (broad SMARTS) is 1. The Morgan fingerprint density at radius 2 is 2.00 bits per heavy atom. The number of carboxylic acids is 1. The predicted molar refractivity (Wildman–Crippen MR) is 73.3 cm³/mol. The third-order valence-electron chi connectivity index (χ3n) is 2.77. The summed E-state index contributed by atoms with van der Waals surface area (Å²) in [6, 6.07) is 4.94. The van der Waals surface area contributed by atoms with Crippen molar-refractivity contribution in [3.05, 3.63) is 47.7 Å². The van der Waals surface area contributed by atoms with Crippen LogP contribution in [0.2, 0.25) is 0 Å². The standard InChI is InChI=1S/C13H14N2O5S/c1-2-10-7-14-12(20-10)8-15-21(18,19)11-5-3-9(4-6-11)13(16)17/h3-7,15H,2,8H2,1H3,(H,16,17). The molecule has 0 radical (unpaired) electrons. The maximum absolute atomic E-state index is 12.0. The summed E-state index contributed by atoms with van der Waals surface area (Å²) < 4.78 is 31.7. The Kier molecular flexibility index (Phi) is 4.39. The van der Waals surface area contributed by atoms with Crippen molar-refractivity contribution in [2.24, 2.45) is 0 Å². The molecule has 0 saturated carbocycles. The second kappa shape index (κ2) is 6.06. The zero-order valence-corrected chi connectivity index (χ0v) is 12.1. The van der Waals surface area contributed by atoms with Gasteiger partial charge < -0.3 is 9.52 Å². The number of nitrogens with one attached hydrogen (secondary N) is 1. The van der Waals surface area contributed by atoms with Crippen LogP contribution in [0.4, 0.5) is 0 Å². The second-order valence-corrected chi connectivity index (χ2v) is 5.99. The van der Waals surface area contributed by atoms with Crippen LogP contribution in [0.25, 0.3) is 0 Å². The van der Waals surface area contributed by atoms with E-state index in [1.165, 1.54) is 24.3 Å².